The van der Waals surface area contributed by atoms with Crippen LogP contribution in [0.3, 0.4) is 0 Å². The molecule has 0 unspecified atom stereocenters. The number of nitrogens with zero attached hydrogens (tertiary/aromatic N) is 4. The molecule has 0 spiro atoms. The number of aryl methyl sites for hydroxylation is 3. The van der Waals surface area contributed by atoms with Gasteiger partial charge in [-0.1, -0.05) is 46.4 Å². The molecule has 5 nitrogen and oxygen atoms in total. The Balaban J connectivity index is 0.000000185. The SMILES string of the molecule is CCCC[N+]1=C=[N+](c2[c-]ccc3c2oc2ncccc23)C=C1.Cc1c[c-]c(-c2cc(C)c(C)cn2)cc1.[Ir]. The van der Waals surface area contributed by atoms with Crippen LogP contribution in [0, 0.1) is 32.9 Å². The first kappa shape index (κ1) is 27.3. The van der Waals surface area contributed by atoms with E-state index < -0.39 is 0 Å². The van der Waals surface area contributed by atoms with Crippen molar-refractivity contribution in [1.82, 2.24) is 9.97 Å². The van der Waals surface area contributed by atoms with E-state index >= 15 is 0 Å². The molecule has 6 rings (SSSR count). The fourth-order valence-corrected chi connectivity index (χ4v) is 4.10. The van der Waals surface area contributed by atoms with Crippen LogP contribution in [0.1, 0.15) is 36.5 Å². The average molecular weight is 679 g/mol. The molecule has 1 radical (unpaired) electrons. The van der Waals surface area contributed by atoms with Crippen LogP contribution in [0.15, 0.2) is 77.7 Å². The van der Waals surface area contributed by atoms with E-state index in [1.54, 1.807) is 6.20 Å². The zero-order valence-corrected chi connectivity index (χ0v) is 24.5. The second kappa shape index (κ2) is 12.2. The van der Waals surface area contributed by atoms with Crippen LogP contribution in [-0.2, 0) is 20.1 Å². The number of unbranched alkanes of at least 4 members (excludes halogenated alkanes) is 1. The van der Waals surface area contributed by atoms with Gasteiger partial charge in [-0.2, -0.15) is 12.1 Å². The minimum Gasteiger partial charge on any atom is -0.495 e. The van der Waals surface area contributed by atoms with Crippen molar-refractivity contribution in [2.75, 3.05) is 6.54 Å². The van der Waals surface area contributed by atoms with Crippen molar-refractivity contribution < 1.29 is 33.7 Å². The van der Waals surface area contributed by atoms with Gasteiger partial charge in [0.05, 0.1) is 5.58 Å². The number of aromatic nitrogens is 2. The molecule has 0 N–H and O–H groups in total. The maximum atomic E-state index is 5.94. The number of pyridine rings is 2. The third-order valence-corrected chi connectivity index (χ3v) is 6.43. The van der Waals surface area contributed by atoms with Crippen molar-refractivity contribution in [2.45, 2.75) is 40.5 Å². The summed E-state index contributed by atoms with van der Waals surface area (Å²) >= 11 is 0. The van der Waals surface area contributed by atoms with E-state index in [9.17, 15) is 0 Å². The molecule has 1 aliphatic heterocycles. The molecular weight excluding hydrogens is 649 g/mol. The van der Waals surface area contributed by atoms with E-state index in [-0.39, 0.29) is 20.1 Å². The monoisotopic (exact) mass is 679 g/mol. The van der Waals surface area contributed by atoms with Crippen molar-refractivity contribution in [3.63, 3.8) is 0 Å². The van der Waals surface area contributed by atoms with Crippen molar-refractivity contribution in [3.8, 4) is 11.3 Å². The van der Waals surface area contributed by atoms with Crippen LogP contribution in [0.2, 0.25) is 0 Å². The van der Waals surface area contributed by atoms with E-state index in [1.165, 1.54) is 23.1 Å². The van der Waals surface area contributed by atoms with Crippen LogP contribution in [0.4, 0.5) is 5.69 Å². The molecule has 0 atom stereocenters. The standard InChI is InChI=1S/C18H16N3O.C14H14N.Ir/c1-2-3-10-20-11-12-21(13-20)16-8-4-6-14-15-7-5-9-19-18(15)22-17(14)16;1-10-4-6-13(7-5-10)14-8-11(2)12(3)9-15-14;/h4-7,9,11-12H,2-3,10H2,1H3;4-6,8-9H,1-3H3;/q+1;-1;. The smallest absolute Gasteiger partial charge is 0.493 e. The summed E-state index contributed by atoms with van der Waals surface area (Å²) in [5, 5.41) is 2.08. The van der Waals surface area contributed by atoms with E-state index in [1.807, 2.05) is 53.5 Å². The number of fused-ring (bicyclic) bond motifs is 3. The number of hydrogen-bond acceptors (Lipinski definition) is 3. The van der Waals surface area contributed by atoms with Gasteiger partial charge >= 0.3 is 6.01 Å². The Labute approximate surface area is 237 Å². The van der Waals surface area contributed by atoms with E-state index in [0.29, 0.717) is 5.71 Å². The summed E-state index contributed by atoms with van der Waals surface area (Å²) in [6, 6.07) is 25.9. The molecule has 0 aliphatic carbocycles. The Morgan fingerprint density at radius 3 is 2.61 bits per heavy atom. The second-order valence-electron chi connectivity index (χ2n) is 9.28. The summed E-state index contributed by atoms with van der Waals surface area (Å²) in [6.07, 6.45) is 9.99. The first-order valence-corrected chi connectivity index (χ1v) is 12.6. The number of hydrogen-bond donors (Lipinski definition) is 0. The third-order valence-electron chi connectivity index (χ3n) is 6.43. The molecule has 3 aromatic heterocycles. The summed E-state index contributed by atoms with van der Waals surface area (Å²) in [5.74, 6) is 0. The molecule has 193 valence electrons. The molecule has 1 aliphatic rings. The van der Waals surface area contributed by atoms with Crippen LogP contribution in [0.25, 0.3) is 33.3 Å². The van der Waals surface area contributed by atoms with Crippen molar-refractivity contribution in [3.05, 3.63) is 102 Å². The Morgan fingerprint density at radius 2 is 1.84 bits per heavy atom. The Morgan fingerprint density at radius 1 is 0.974 bits per heavy atom. The first-order valence-electron chi connectivity index (χ1n) is 12.6. The fourth-order valence-electron chi connectivity index (χ4n) is 4.10. The minimum absolute atomic E-state index is 0. The summed E-state index contributed by atoms with van der Waals surface area (Å²) in [6.45, 7) is 9.41. The Hall–Kier alpha value is -3.69. The summed E-state index contributed by atoms with van der Waals surface area (Å²) in [7, 11) is 0. The molecule has 38 heavy (non-hydrogen) atoms. The Bertz CT molecular complexity index is 1680. The summed E-state index contributed by atoms with van der Waals surface area (Å²) < 4.78 is 9.93. The number of rotatable bonds is 5. The fraction of sp³-hybridized carbons (Fsp3) is 0.219. The van der Waals surface area contributed by atoms with Crippen LogP contribution in [0.5, 0.6) is 0 Å². The molecular formula is C32H30IrN4O. The molecule has 5 aromatic rings. The van der Waals surface area contributed by atoms with Gasteiger partial charge in [-0.25, -0.2) is 4.98 Å². The first-order chi connectivity index (χ1) is 18.0. The van der Waals surface area contributed by atoms with E-state index in [0.717, 1.165) is 46.3 Å². The predicted molar refractivity (Wildman–Crippen MR) is 147 cm³/mol. The van der Waals surface area contributed by atoms with Gasteiger partial charge in [-0.15, -0.1) is 41.5 Å². The molecule has 0 saturated carbocycles. The quantitative estimate of drug-likeness (QED) is 0.144. The molecule has 0 fully saturated rings. The maximum absolute atomic E-state index is 5.94. The van der Waals surface area contributed by atoms with Gasteiger partial charge in [0.1, 0.15) is 0 Å². The third kappa shape index (κ3) is 5.89. The zero-order chi connectivity index (χ0) is 25.8. The van der Waals surface area contributed by atoms with Gasteiger partial charge in [0, 0.05) is 44.3 Å². The van der Waals surface area contributed by atoms with Crippen molar-refractivity contribution >= 4 is 33.8 Å². The molecule has 0 saturated heterocycles. The molecule has 0 bridgehead atoms. The molecule has 4 heterocycles. The topological polar surface area (TPSA) is 44.9 Å². The van der Waals surface area contributed by atoms with Crippen molar-refractivity contribution in [2.24, 2.45) is 0 Å². The van der Waals surface area contributed by atoms with Crippen LogP contribution >= 0.6 is 0 Å². The van der Waals surface area contributed by atoms with E-state index in [2.05, 4.69) is 78.6 Å². The second-order valence-corrected chi connectivity index (χ2v) is 9.28. The van der Waals surface area contributed by atoms with Crippen LogP contribution < -0.4 is 0 Å². The van der Waals surface area contributed by atoms with Gasteiger partial charge in [0.15, 0.2) is 12.2 Å². The van der Waals surface area contributed by atoms with Gasteiger partial charge < -0.3 is 9.40 Å². The Kier molecular flexibility index (Phi) is 8.81. The largest absolute Gasteiger partial charge is 0.495 e. The molecule has 6 heteroatoms. The number of benzene rings is 2. The van der Waals surface area contributed by atoms with Gasteiger partial charge in [0.25, 0.3) is 6.20 Å². The number of furan rings is 1. The average Bonchev–Trinajstić information content (AvgIpc) is 3.55. The van der Waals surface area contributed by atoms with Gasteiger partial charge in [-0.3, -0.25) is 0 Å². The van der Waals surface area contributed by atoms with Crippen LogP contribution in [-0.4, -0.2) is 31.7 Å². The summed E-state index contributed by atoms with van der Waals surface area (Å²) in [4.78, 5) is 8.70. The maximum Gasteiger partial charge on any atom is 0.493 e. The summed E-state index contributed by atoms with van der Waals surface area (Å²) in [5.41, 5.74) is 8.10. The predicted octanol–water partition coefficient (Wildman–Crippen LogP) is 7.37. The zero-order valence-electron chi connectivity index (χ0n) is 22.1. The molecule has 2 aromatic carbocycles. The van der Waals surface area contributed by atoms with E-state index in [4.69, 9.17) is 4.42 Å². The normalized spacial score (nSPS) is 12.1. The minimum atomic E-state index is 0. The van der Waals surface area contributed by atoms with Crippen molar-refractivity contribution in [1.29, 1.82) is 0 Å². The van der Waals surface area contributed by atoms with Gasteiger partial charge in [-0.05, 0) is 37.2 Å². The molecule has 0 amide bonds. The van der Waals surface area contributed by atoms with Gasteiger partial charge in [0.2, 0.25) is 11.9 Å².